The van der Waals surface area contributed by atoms with Crippen LogP contribution in [0.4, 0.5) is 0 Å². The molecule has 2 aromatic carbocycles. The molecule has 0 bridgehead atoms. The van der Waals surface area contributed by atoms with Crippen LogP contribution in [0, 0.1) is 0 Å². The van der Waals surface area contributed by atoms with Gasteiger partial charge in [-0.1, -0.05) is 41.5 Å². The lowest BCUT2D eigenvalue weighted by molar-refractivity contribution is -0.162. The molecule has 0 N–H and O–H groups in total. The molecule has 2 aromatic rings. The van der Waals surface area contributed by atoms with Crippen LogP contribution in [0.2, 0.25) is 0 Å². The summed E-state index contributed by atoms with van der Waals surface area (Å²) in [6, 6.07) is 13.1. The fourth-order valence-corrected chi connectivity index (χ4v) is 1.85. The van der Waals surface area contributed by atoms with Gasteiger partial charge in [-0.2, -0.15) is 0 Å². The fraction of sp³-hybridized carbons (Fsp3) is 0. The van der Waals surface area contributed by atoms with Gasteiger partial charge >= 0.3 is 0 Å². The van der Waals surface area contributed by atoms with E-state index in [1.165, 1.54) is 12.2 Å². The third-order valence-corrected chi connectivity index (χ3v) is 2.71. The number of benzene rings is 2. The zero-order valence-corrected chi connectivity index (χ0v) is 9.37. The van der Waals surface area contributed by atoms with Crippen molar-refractivity contribution in [3.8, 4) is 5.75 Å². The first-order valence-electron chi connectivity index (χ1n) is 5.47. The minimum atomic E-state index is -0.465. The van der Waals surface area contributed by atoms with Gasteiger partial charge in [-0.3, -0.25) is 9.59 Å². The van der Waals surface area contributed by atoms with Crippen molar-refractivity contribution in [2.45, 2.75) is 0 Å². The van der Waals surface area contributed by atoms with E-state index in [2.05, 4.69) is 0 Å². The molecular weight excluding hydrogens is 230 g/mol. The molecule has 18 heavy (non-hydrogen) atoms. The first-order valence-corrected chi connectivity index (χ1v) is 5.47. The summed E-state index contributed by atoms with van der Waals surface area (Å²) in [5.74, 6) is -0.445. The maximum atomic E-state index is 11.4. The topological polar surface area (TPSA) is 46.6 Å². The van der Waals surface area contributed by atoms with E-state index in [9.17, 15) is 9.59 Å². The molecule has 0 fully saturated rings. The van der Waals surface area contributed by atoms with Crippen molar-refractivity contribution in [3.63, 3.8) is 0 Å². The Morgan fingerprint density at radius 1 is 0.833 bits per heavy atom. The Bertz CT molecular complexity index is 652. The number of imide groups is 1. The van der Waals surface area contributed by atoms with Crippen molar-refractivity contribution in [2.75, 3.05) is 0 Å². The highest BCUT2D eigenvalue weighted by Crippen LogP contribution is 2.26. The lowest BCUT2D eigenvalue weighted by Gasteiger charge is -2.15. The summed E-state index contributed by atoms with van der Waals surface area (Å²) in [6.07, 6.45) is 2.38. The number of rotatable bonds is 2. The van der Waals surface area contributed by atoms with Crippen LogP contribution in [0.5, 0.6) is 5.75 Å². The fourth-order valence-electron chi connectivity index (χ4n) is 1.85. The van der Waals surface area contributed by atoms with Crippen LogP contribution in [-0.2, 0) is 9.59 Å². The summed E-state index contributed by atoms with van der Waals surface area (Å²) >= 11 is 0. The Labute approximate surface area is 103 Å². The molecule has 4 heteroatoms. The van der Waals surface area contributed by atoms with Crippen LogP contribution in [0.3, 0.4) is 0 Å². The molecule has 88 valence electrons. The average Bonchev–Trinajstić information content (AvgIpc) is 2.71. The molecule has 0 radical (unpaired) electrons. The Balaban J connectivity index is 2.01. The molecule has 0 saturated heterocycles. The average molecular weight is 239 g/mol. The second-order valence-electron chi connectivity index (χ2n) is 3.87. The minimum absolute atomic E-state index is 0.465. The van der Waals surface area contributed by atoms with Gasteiger partial charge in [-0.15, -0.1) is 0 Å². The van der Waals surface area contributed by atoms with Crippen molar-refractivity contribution in [2.24, 2.45) is 0 Å². The number of fused-ring (bicyclic) bond motifs is 1. The number of carbonyl (C=O) groups excluding carboxylic acids is 2. The maximum absolute atomic E-state index is 11.4. The van der Waals surface area contributed by atoms with Gasteiger partial charge in [0.1, 0.15) is 0 Å². The van der Waals surface area contributed by atoms with E-state index in [-0.39, 0.29) is 0 Å². The Hall–Kier alpha value is -2.62. The molecule has 0 spiro atoms. The largest absolute Gasteiger partial charge is 0.368 e. The molecule has 0 unspecified atom stereocenters. The van der Waals surface area contributed by atoms with Gasteiger partial charge in [-0.05, 0) is 11.5 Å². The molecular formula is C14H9NO3. The number of hydrogen-bond donors (Lipinski definition) is 0. The summed E-state index contributed by atoms with van der Waals surface area (Å²) in [5, 5.41) is 2.59. The van der Waals surface area contributed by atoms with Crippen molar-refractivity contribution in [1.29, 1.82) is 0 Å². The standard InChI is InChI=1S/C14H9NO3/c16-13-8-9-14(17)15(13)18-12-7-3-5-10-4-1-2-6-11(10)12/h1-9H. The summed E-state index contributed by atoms with van der Waals surface area (Å²) in [7, 11) is 0. The van der Waals surface area contributed by atoms with Crippen LogP contribution in [0.25, 0.3) is 10.8 Å². The molecule has 1 aliphatic rings. The van der Waals surface area contributed by atoms with E-state index in [1.807, 2.05) is 36.4 Å². The van der Waals surface area contributed by atoms with E-state index in [1.54, 1.807) is 6.07 Å². The third kappa shape index (κ3) is 1.64. The van der Waals surface area contributed by atoms with Gasteiger partial charge in [0.05, 0.1) is 0 Å². The number of nitrogens with zero attached hydrogens (tertiary/aromatic N) is 1. The quantitative estimate of drug-likeness (QED) is 0.753. The lowest BCUT2D eigenvalue weighted by Crippen LogP contribution is -2.33. The van der Waals surface area contributed by atoms with E-state index in [4.69, 9.17) is 4.84 Å². The predicted octanol–water partition coefficient (Wildman–Crippen LogP) is 2.06. The summed E-state index contributed by atoms with van der Waals surface area (Å²) in [4.78, 5) is 28.2. The van der Waals surface area contributed by atoms with Crippen molar-refractivity contribution in [1.82, 2.24) is 5.06 Å². The predicted molar refractivity (Wildman–Crippen MR) is 65.6 cm³/mol. The van der Waals surface area contributed by atoms with Gasteiger partial charge in [-0.25, -0.2) is 0 Å². The van der Waals surface area contributed by atoms with Gasteiger partial charge in [0.25, 0.3) is 11.8 Å². The van der Waals surface area contributed by atoms with Gasteiger partial charge in [0.2, 0.25) is 0 Å². The van der Waals surface area contributed by atoms with Crippen molar-refractivity contribution >= 4 is 22.6 Å². The van der Waals surface area contributed by atoms with Crippen molar-refractivity contribution < 1.29 is 14.4 Å². The first-order chi connectivity index (χ1) is 8.75. The molecule has 0 aromatic heterocycles. The molecule has 0 aliphatic carbocycles. The molecule has 2 amide bonds. The second kappa shape index (κ2) is 4.00. The first kappa shape index (κ1) is 10.5. The van der Waals surface area contributed by atoms with Crippen LogP contribution in [0.15, 0.2) is 54.6 Å². The smallest absolute Gasteiger partial charge is 0.287 e. The molecule has 0 saturated carbocycles. The molecule has 1 heterocycles. The molecule has 1 aliphatic heterocycles. The molecule has 4 nitrogen and oxygen atoms in total. The molecule has 3 rings (SSSR count). The number of carbonyl (C=O) groups is 2. The maximum Gasteiger partial charge on any atom is 0.287 e. The Kier molecular flexibility index (Phi) is 2.34. The zero-order chi connectivity index (χ0) is 12.5. The Morgan fingerprint density at radius 2 is 1.50 bits per heavy atom. The van der Waals surface area contributed by atoms with Crippen LogP contribution in [-0.4, -0.2) is 16.9 Å². The van der Waals surface area contributed by atoms with Gasteiger partial charge in [0.15, 0.2) is 5.75 Å². The highest BCUT2D eigenvalue weighted by Gasteiger charge is 2.26. The van der Waals surface area contributed by atoms with Crippen molar-refractivity contribution in [3.05, 3.63) is 54.6 Å². The highest BCUT2D eigenvalue weighted by molar-refractivity contribution is 6.12. The summed E-state index contributed by atoms with van der Waals surface area (Å²) < 4.78 is 0. The van der Waals surface area contributed by atoms with Gasteiger partial charge in [0, 0.05) is 17.5 Å². The minimum Gasteiger partial charge on any atom is -0.368 e. The number of hydroxylamine groups is 2. The van der Waals surface area contributed by atoms with E-state index < -0.39 is 11.8 Å². The monoisotopic (exact) mass is 239 g/mol. The normalized spacial score (nSPS) is 14.6. The van der Waals surface area contributed by atoms with E-state index in [0.717, 1.165) is 15.8 Å². The second-order valence-corrected chi connectivity index (χ2v) is 3.87. The van der Waals surface area contributed by atoms with Crippen LogP contribution in [0.1, 0.15) is 0 Å². The zero-order valence-electron chi connectivity index (χ0n) is 9.37. The van der Waals surface area contributed by atoms with E-state index >= 15 is 0 Å². The van der Waals surface area contributed by atoms with Gasteiger partial charge < -0.3 is 4.84 Å². The third-order valence-electron chi connectivity index (χ3n) is 2.71. The summed E-state index contributed by atoms with van der Waals surface area (Å²) in [6.45, 7) is 0. The van der Waals surface area contributed by atoms with E-state index in [0.29, 0.717) is 5.75 Å². The Morgan fingerprint density at radius 3 is 2.28 bits per heavy atom. The van der Waals surface area contributed by atoms with Crippen LogP contribution < -0.4 is 4.84 Å². The highest BCUT2D eigenvalue weighted by atomic mass is 16.7. The van der Waals surface area contributed by atoms with Crippen LogP contribution >= 0.6 is 0 Å². The summed E-state index contributed by atoms with van der Waals surface area (Å²) in [5.41, 5.74) is 0. The molecule has 0 atom stereocenters. The number of amides is 2. The SMILES string of the molecule is O=C1C=CC(=O)N1Oc1cccc2ccccc12. The lowest BCUT2D eigenvalue weighted by atomic mass is 10.1. The number of hydrogen-bond acceptors (Lipinski definition) is 3.